The van der Waals surface area contributed by atoms with E-state index in [0.29, 0.717) is 16.5 Å². The van der Waals surface area contributed by atoms with Gasteiger partial charge < -0.3 is 14.6 Å². The van der Waals surface area contributed by atoms with Crippen molar-refractivity contribution in [3.05, 3.63) is 82.9 Å². The molecule has 1 aromatic heterocycles. The van der Waals surface area contributed by atoms with Crippen molar-refractivity contribution in [1.82, 2.24) is 14.3 Å². The first kappa shape index (κ1) is 24.9. The number of benzene rings is 2. The highest BCUT2D eigenvalue weighted by atomic mass is 35.5. The zero-order chi connectivity index (χ0) is 24.0. The number of sulfonamides is 1. The Labute approximate surface area is 198 Å². The largest absolute Gasteiger partial charge is 0.497 e. The third kappa shape index (κ3) is 6.20. The molecular formula is C23H26ClN3O5S. The Hall–Kier alpha value is -2.72. The molecule has 10 heteroatoms. The van der Waals surface area contributed by atoms with Gasteiger partial charge in [-0.15, -0.1) is 0 Å². The molecular weight excluding hydrogens is 466 g/mol. The molecule has 0 spiro atoms. The van der Waals surface area contributed by atoms with Crippen LogP contribution in [0.3, 0.4) is 0 Å². The van der Waals surface area contributed by atoms with Crippen LogP contribution in [0.1, 0.15) is 30.0 Å². The van der Waals surface area contributed by atoms with Gasteiger partial charge in [-0.25, -0.2) is 18.4 Å². The molecule has 0 saturated carbocycles. The van der Waals surface area contributed by atoms with E-state index in [1.807, 2.05) is 0 Å². The minimum atomic E-state index is -3.98. The van der Waals surface area contributed by atoms with Gasteiger partial charge in [-0.1, -0.05) is 35.9 Å². The average Bonchev–Trinajstić information content (AvgIpc) is 2.84. The second-order valence-corrected chi connectivity index (χ2v) is 10.1. The standard InChI is InChI=1S/C23H26ClN3O5S/c1-16(22(28)23-25-12-19(24)13-26-23)33(29,30)27(14-17-4-8-20(31-2)9-5-17)15-18-6-10-21(32-3)11-7-18/h4-13,16,22,28H,14-15H2,1-3H3. The number of methoxy groups -OCH3 is 2. The van der Waals surface area contributed by atoms with E-state index in [2.05, 4.69) is 9.97 Å². The van der Waals surface area contributed by atoms with E-state index in [0.717, 1.165) is 11.1 Å². The van der Waals surface area contributed by atoms with Crippen LogP contribution in [0.4, 0.5) is 0 Å². The summed E-state index contributed by atoms with van der Waals surface area (Å²) >= 11 is 5.81. The molecule has 0 fully saturated rings. The molecule has 2 atom stereocenters. The third-order valence-electron chi connectivity index (χ3n) is 5.22. The first-order chi connectivity index (χ1) is 15.7. The second-order valence-electron chi connectivity index (χ2n) is 7.42. The highest BCUT2D eigenvalue weighted by molar-refractivity contribution is 7.89. The zero-order valence-corrected chi connectivity index (χ0v) is 20.1. The van der Waals surface area contributed by atoms with Gasteiger partial charge in [-0.05, 0) is 42.3 Å². The second kappa shape index (κ2) is 10.9. The van der Waals surface area contributed by atoms with Gasteiger partial charge in [0.15, 0.2) is 5.82 Å². The molecule has 0 aliphatic heterocycles. The Morgan fingerprint density at radius 2 is 1.33 bits per heavy atom. The van der Waals surface area contributed by atoms with Crippen LogP contribution >= 0.6 is 11.6 Å². The van der Waals surface area contributed by atoms with E-state index in [1.165, 1.54) is 23.6 Å². The summed E-state index contributed by atoms with van der Waals surface area (Å²) in [6.07, 6.45) is 1.21. The van der Waals surface area contributed by atoms with Crippen molar-refractivity contribution in [1.29, 1.82) is 0 Å². The van der Waals surface area contributed by atoms with Gasteiger partial charge in [0.05, 0.1) is 19.2 Å². The summed E-state index contributed by atoms with van der Waals surface area (Å²) < 4.78 is 38.9. The smallest absolute Gasteiger partial charge is 0.220 e. The monoisotopic (exact) mass is 491 g/mol. The fraction of sp³-hybridized carbons (Fsp3) is 0.304. The fourth-order valence-electron chi connectivity index (χ4n) is 3.19. The van der Waals surface area contributed by atoms with E-state index < -0.39 is 21.4 Å². The molecule has 0 radical (unpaired) electrons. The van der Waals surface area contributed by atoms with Crippen LogP contribution < -0.4 is 9.47 Å². The summed E-state index contributed by atoms with van der Waals surface area (Å²) in [4.78, 5) is 7.95. The van der Waals surface area contributed by atoms with Gasteiger partial charge in [0.1, 0.15) is 22.9 Å². The summed E-state index contributed by atoms with van der Waals surface area (Å²) in [6.45, 7) is 1.65. The predicted molar refractivity (Wildman–Crippen MR) is 126 cm³/mol. The topological polar surface area (TPSA) is 102 Å². The number of halogens is 1. The van der Waals surface area contributed by atoms with E-state index in [4.69, 9.17) is 21.1 Å². The maximum atomic E-state index is 13.6. The van der Waals surface area contributed by atoms with Crippen LogP contribution in [0.25, 0.3) is 0 Å². The van der Waals surface area contributed by atoms with Crippen molar-refractivity contribution in [3.63, 3.8) is 0 Å². The summed E-state index contributed by atoms with van der Waals surface area (Å²) in [7, 11) is -0.845. The highest BCUT2D eigenvalue weighted by Gasteiger charge is 2.36. The molecule has 3 rings (SSSR count). The molecule has 8 nitrogen and oxygen atoms in total. The number of aromatic nitrogens is 2. The van der Waals surface area contributed by atoms with Crippen LogP contribution in [-0.4, -0.2) is 47.3 Å². The summed E-state index contributed by atoms with van der Waals surface area (Å²) in [5, 5.41) is 9.82. The van der Waals surface area contributed by atoms with Crippen LogP contribution in [0, 0.1) is 0 Å². The SMILES string of the molecule is COc1ccc(CN(Cc2ccc(OC)cc2)S(=O)(=O)C(C)C(O)c2ncc(Cl)cn2)cc1. The molecule has 3 aromatic rings. The molecule has 0 saturated heterocycles. The van der Waals surface area contributed by atoms with Crippen LogP contribution in [-0.2, 0) is 23.1 Å². The van der Waals surface area contributed by atoms with Gasteiger partial charge >= 0.3 is 0 Å². The minimum absolute atomic E-state index is 0.00989. The van der Waals surface area contributed by atoms with Crippen molar-refractivity contribution in [2.75, 3.05) is 14.2 Å². The number of ether oxygens (including phenoxy) is 2. The number of hydrogen-bond donors (Lipinski definition) is 1. The lowest BCUT2D eigenvalue weighted by Crippen LogP contribution is -2.40. The lowest BCUT2D eigenvalue weighted by molar-refractivity contribution is 0.162. The van der Waals surface area contributed by atoms with Gasteiger partial charge in [0, 0.05) is 25.5 Å². The lowest BCUT2D eigenvalue weighted by Gasteiger charge is -2.28. The van der Waals surface area contributed by atoms with E-state index in [1.54, 1.807) is 62.8 Å². The summed E-state index contributed by atoms with van der Waals surface area (Å²) in [5.41, 5.74) is 1.55. The van der Waals surface area contributed by atoms with Gasteiger partial charge in [-0.2, -0.15) is 4.31 Å². The zero-order valence-electron chi connectivity index (χ0n) is 18.6. The lowest BCUT2D eigenvalue weighted by atomic mass is 10.2. The molecule has 0 bridgehead atoms. The third-order valence-corrected chi connectivity index (χ3v) is 7.59. The molecule has 1 N–H and O–H groups in total. The molecule has 2 aromatic carbocycles. The predicted octanol–water partition coefficient (Wildman–Crippen LogP) is 3.60. The van der Waals surface area contributed by atoms with Crippen molar-refractivity contribution in [3.8, 4) is 11.5 Å². The summed E-state index contributed by atoms with van der Waals surface area (Å²) in [6, 6.07) is 14.3. The van der Waals surface area contributed by atoms with E-state index in [-0.39, 0.29) is 18.9 Å². The molecule has 0 aliphatic rings. The average molecular weight is 492 g/mol. The Morgan fingerprint density at radius 1 is 0.909 bits per heavy atom. The van der Waals surface area contributed by atoms with E-state index in [9.17, 15) is 13.5 Å². The molecule has 176 valence electrons. The molecule has 0 aliphatic carbocycles. The van der Waals surface area contributed by atoms with Gasteiger partial charge in [0.2, 0.25) is 10.0 Å². The Bertz CT molecular complexity index is 1090. The van der Waals surface area contributed by atoms with Crippen molar-refractivity contribution in [2.24, 2.45) is 0 Å². The Balaban J connectivity index is 1.91. The molecule has 33 heavy (non-hydrogen) atoms. The number of aliphatic hydroxyl groups excluding tert-OH is 1. The molecule has 1 heterocycles. The number of hydrogen-bond acceptors (Lipinski definition) is 7. The highest BCUT2D eigenvalue weighted by Crippen LogP contribution is 2.26. The van der Waals surface area contributed by atoms with Crippen molar-refractivity contribution >= 4 is 21.6 Å². The Morgan fingerprint density at radius 3 is 1.73 bits per heavy atom. The van der Waals surface area contributed by atoms with Crippen molar-refractivity contribution in [2.45, 2.75) is 31.4 Å². The molecule has 0 amide bonds. The Kier molecular flexibility index (Phi) is 8.25. The fourth-order valence-corrected chi connectivity index (χ4v) is 4.86. The maximum Gasteiger partial charge on any atom is 0.220 e. The minimum Gasteiger partial charge on any atom is -0.497 e. The first-order valence-corrected chi connectivity index (χ1v) is 12.0. The number of rotatable bonds is 10. The quantitative estimate of drug-likeness (QED) is 0.462. The summed E-state index contributed by atoms with van der Waals surface area (Å²) in [5.74, 6) is 1.34. The van der Waals surface area contributed by atoms with Crippen LogP contribution in [0.2, 0.25) is 5.02 Å². The molecule has 2 unspecified atom stereocenters. The van der Waals surface area contributed by atoms with Crippen molar-refractivity contribution < 1.29 is 23.0 Å². The van der Waals surface area contributed by atoms with E-state index >= 15 is 0 Å². The van der Waals surface area contributed by atoms with Gasteiger partial charge in [-0.3, -0.25) is 0 Å². The normalized spacial score (nSPS) is 13.5. The maximum absolute atomic E-state index is 13.6. The first-order valence-electron chi connectivity index (χ1n) is 10.1. The number of aliphatic hydroxyl groups is 1. The van der Waals surface area contributed by atoms with Crippen LogP contribution in [0.15, 0.2) is 60.9 Å². The van der Waals surface area contributed by atoms with Crippen LogP contribution in [0.5, 0.6) is 11.5 Å². The number of nitrogens with zero attached hydrogens (tertiary/aromatic N) is 3. The van der Waals surface area contributed by atoms with Gasteiger partial charge in [0.25, 0.3) is 0 Å².